The van der Waals surface area contributed by atoms with Crippen molar-refractivity contribution in [2.75, 3.05) is 5.43 Å². The standard InChI is InChI=1S/C11H11BrN4OS/c12-8-4-9(18-6-8)5-15-11(17)7-1-2-14-10(3-7)16-13/h1-4,6H,5,13H2,(H,14,16)(H,15,17). The first-order valence-corrected chi connectivity index (χ1v) is 6.80. The third-order valence-electron chi connectivity index (χ3n) is 2.21. The lowest BCUT2D eigenvalue weighted by Crippen LogP contribution is -2.22. The van der Waals surface area contributed by atoms with Crippen molar-refractivity contribution in [2.24, 2.45) is 5.84 Å². The number of nitrogens with one attached hydrogen (secondary N) is 2. The summed E-state index contributed by atoms with van der Waals surface area (Å²) in [6.07, 6.45) is 1.53. The second-order valence-electron chi connectivity index (χ2n) is 3.49. The number of nitrogens with two attached hydrogens (primary N) is 1. The molecule has 5 nitrogen and oxygen atoms in total. The Balaban J connectivity index is 1.99. The Kier molecular flexibility index (Phi) is 4.29. The monoisotopic (exact) mass is 326 g/mol. The highest BCUT2D eigenvalue weighted by Gasteiger charge is 2.07. The van der Waals surface area contributed by atoms with Gasteiger partial charge in [-0.2, -0.15) is 0 Å². The summed E-state index contributed by atoms with van der Waals surface area (Å²) in [6, 6.07) is 5.21. The van der Waals surface area contributed by atoms with Gasteiger partial charge in [-0.1, -0.05) is 0 Å². The number of anilines is 1. The number of hydrogen-bond donors (Lipinski definition) is 3. The SMILES string of the molecule is NNc1cc(C(=O)NCc2cc(Br)cs2)ccn1. The molecule has 0 radical (unpaired) electrons. The van der Waals surface area contributed by atoms with Gasteiger partial charge in [0.05, 0.1) is 6.54 Å². The Bertz CT molecular complexity index is 557. The minimum atomic E-state index is -0.154. The van der Waals surface area contributed by atoms with Crippen LogP contribution in [-0.4, -0.2) is 10.9 Å². The first-order valence-electron chi connectivity index (χ1n) is 5.13. The Morgan fingerprint density at radius 1 is 1.50 bits per heavy atom. The minimum absolute atomic E-state index is 0.154. The number of hydrogen-bond acceptors (Lipinski definition) is 5. The zero-order valence-electron chi connectivity index (χ0n) is 9.31. The smallest absolute Gasteiger partial charge is 0.251 e. The molecule has 0 aliphatic carbocycles. The highest BCUT2D eigenvalue weighted by molar-refractivity contribution is 9.10. The van der Waals surface area contributed by atoms with Crippen molar-refractivity contribution in [2.45, 2.75) is 6.54 Å². The molecule has 4 N–H and O–H groups in total. The highest BCUT2D eigenvalue weighted by atomic mass is 79.9. The van der Waals surface area contributed by atoms with Gasteiger partial charge >= 0.3 is 0 Å². The summed E-state index contributed by atoms with van der Waals surface area (Å²) < 4.78 is 1.02. The van der Waals surface area contributed by atoms with Gasteiger partial charge in [-0.05, 0) is 34.1 Å². The Morgan fingerprint density at radius 3 is 3.00 bits per heavy atom. The minimum Gasteiger partial charge on any atom is -0.347 e. The summed E-state index contributed by atoms with van der Waals surface area (Å²) in [4.78, 5) is 16.9. The molecule has 7 heteroatoms. The second kappa shape index (κ2) is 5.94. The van der Waals surface area contributed by atoms with E-state index in [-0.39, 0.29) is 5.91 Å². The number of thiophene rings is 1. The van der Waals surface area contributed by atoms with Crippen LogP contribution in [0.2, 0.25) is 0 Å². The molecular formula is C11H11BrN4OS. The van der Waals surface area contributed by atoms with E-state index < -0.39 is 0 Å². The predicted octanol–water partition coefficient (Wildman–Crippen LogP) is 2.12. The number of aromatic nitrogens is 1. The highest BCUT2D eigenvalue weighted by Crippen LogP contribution is 2.19. The fourth-order valence-electron chi connectivity index (χ4n) is 1.37. The van der Waals surface area contributed by atoms with Crippen molar-refractivity contribution in [1.82, 2.24) is 10.3 Å². The van der Waals surface area contributed by atoms with Crippen LogP contribution in [0.5, 0.6) is 0 Å². The molecule has 0 aliphatic heterocycles. The summed E-state index contributed by atoms with van der Waals surface area (Å²) in [6.45, 7) is 0.503. The largest absolute Gasteiger partial charge is 0.347 e. The van der Waals surface area contributed by atoms with Crippen molar-refractivity contribution < 1.29 is 4.79 Å². The summed E-state index contributed by atoms with van der Waals surface area (Å²) in [5.41, 5.74) is 2.93. The molecule has 2 heterocycles. The zero-order chi connectivity index (χ0) is 13.0. The van der Waals surface area contributed by atoms with Crippen molar-refractivity contribution in [3.05, 3.63) is 44.7 Å². The van der Waals surface area contributed by atoms with Gasteiger partial charge in [0, 0.05) is 26.5 Å². The lowest BCUT2D eigenvalue weighted by atomic mass is 10.2. The lowest BCUT2D eigenvalue weighted by molar-refractivity contribution is 0.0951. The molecule has 0 unspecified atom stereocenters. The quantitative estimate of drug-likeness (QED) is 0.594. The van der Waals surface area contributed by atoms with Crippen LogP contribution in [0.25, 0.3) is 0 Å². The van der Waals surface area contributed by atoms with E-state index in [9.17, 15) is 4.79 Å². The fraction of sp³-hybridized carbons (Fsp3) is 0.0909. The summed E-state index contributed by atoms with van der Waals surface area (Å²) in [5, 5.41) is 4.81. The van der Waals surface area contributed by atoms with Gasteiger partial charge in [0.1, 0.15) is 5.82 Å². The molecule has 0 atom stereocenters. The number of carbonyl (C=O) groups excluding carboxylic acids is 1. The molecule has 0 bridgehead atoms. The third-order valence-corrected chi connectivity index (χ3v) is 3.91. The number of nitrogen functional groups attached to an aromatic ring is 1. The van der Waals surface area contributed by atoms with E-state index in [0.717, 1.165) is 9.35 Å². The molecule has 2 rings (SSSR count). The molecule has 0 aliphatic rings. The van der Waals surface area contributed by atoms with E-state index in [4.69, 9.17) is 5.84 Å². The summed E-state index contributed by atoms with van der Waals surface area (Å²) >= 11 is 4.96. The first-order chi connectivity index (χ1) is 8.69. The van der Waals surface area contributed by atoms with Crippen molar-refractivity contribution in [3.63, 3.8) is 0 Å². The zero-order valence-corrected chi connectivity index (χ0v) is 11.7. The summed E-state index contributed by atoms with van der Waals surface area (Å²) in [7, 11) is 0. The van der Waals surface area contributed by atoms with Crippen LogP contribution in [-0.2, 0) is 6.54 Å². The maximum Gasteiger partial charge on any atom is 0.251 e. The van der Waals surface area contributed by atoms with Gasteiger partial charge in [0.25, 0.3) is 5.91 Å². The van der Waals surface area contributed by atoms with Crippen LogP contribution in [0.4, 0.5) is 5.82 Å². The van der Waals surface area contributed by atoms with Gasteiger partial charge in [0.2, 0.25) is 0 Å². The van der Waals surface area contributed by atoms with Crippen LogP contribution < -0.4 is 16.6 Å². The Morgan fingerprint density at radius 2 is 2.33 bits per heavy atom. The van der Waals surface area contributed by atoms with Gasteiger partial charge in [-0.3, -0.25) is 4.79 Å². The number of rotatable bonds is 4. The van der Waals surface area contributed by atoms with Gasteiger partial charge < -0.3 is 10.7 Å². The van der Waals surface area contributed by atoms with Crippen molar-refractivity contribution in [3.8, 4) is 0 Å². The number of halogens is 1. The van der Waals surface area contributed by atoms with Crippen molar-refractivity contribution >= 4 is 39.0 Å². The van der Waals surface area contributed by atoms with E-state index >= 15 is 0 Å². The molecule has 0 spiro atoms. The van der Waals surface area contributed by atoms with Gasteiger partial charge in [-0.25, -0.2) is 10.8 Å². The molecule has 94 valence electrons. The molecule has 18 heavy (non-hydrogen) atoms. The molecule has 2 aromatic rings. The van der Waals surface area contributed by atoms with Crippen molar-refractivity contribution in [1.29, 1.82) is 0 Å². The Labute approximate surface area is 117 Å². The molecule has 0 aromatic carbocycles. The molecule has 2 aromatic heterocycles. The number of carbonyl (C=O) groups is 1. The summed E-state index contributed by atoms with van der Waals surface area (Å²) in [5.74, 6) is 5.54. The van der Waals surface area contributed by atoms with Crippen LogP contribution >= 0.6 is 27.3 Å². The van der Waals surface area contributed by atoms with E-state index in [1.807, 2.05) is 11.4 Å². The van der Waals surface area contributed by atoms with Crippen LogP contribution in [0, 0.1) is 0 Å². The molecule has 0 saturated carbocycles. The maximum atomic E-state index is 11.9. The normalized spacial score (nSPS) is 10.1. The van der Waals surface area contributed by atoms with Crippen LogP contribution in [0.15, 0.2) is 34.2 Å². The second-order valence-corrected chi connectivity index (χ2v) is 5.40. The van der Waals surface area contributed by atoms with E-state index in [1.165, 1.54) is 6.20 Å². The molecular weight excluding hydrogens is 316 g/mol. The van der Waals surface area contributed by atoms with E-state index in [2.05, 4.69) is 31.7 Å². The predicted molar refractivity (Wildman–Crippen MR) is 75.2 cm³/mol. The average Bonchev–Trinajstić information content (AvgIpc) is 2.82. The Hall–Kier alpha value is -1.44. The number of amides is 1. The van der Waals surface area contributed by atoms with E-state index in [1.54, 1.807) is 23.5 Å². The van der Waals surface area contributed by atoms with E-state index in [0.29, 0.717) is 17.9 Å². The molecule has 0 saturated heterocycles. The molecule has 1 amide bonds. The maximum absolute atomic E-state index is 11.9. The van der Waals surface area contributed by atoms with Crippen LogP contribution in [0.1, 0.15) is 15.2 Å². The third kappa shape index (κ3) is 3.28. The average molecular weight is 327 g/mol. The number of nitrogens with zero attached hydrogens (tertiary/aromatic N) is 1. The topological polar surface area (TPSA) is 80.0 Å². The number of pyridine rings is 1. The molecule has 0 fully saturated rings. The van der Waals surface area contributed by atoms with Crippen LogP contribution in [0.3, 0.4) is 0 Å². The number of hydrazine groups is 1. The lowest BCUT2D eigenvalue weighted by Gasteiger charge is -2.05. The first kappa shape index (κ1) is 13.0. The fourth-order valence-corrected chi connectivity index (χ4v) is 2.76. The van der Waals surface area contributed by atoms with Gasteiger partial charge in [-0.15, -0.1) is 11.3 Å². The van der Waals surface area contributed by atoms with Gasteiger partial charge in [0.15, 0.2) is 0 Å².